The van der Waals surface area contributed by atoms with Gasteiger partial charge in [0.1, 0.15) is 0 Å². The van der Waals surface area contributed by atoms with E-state index in [0.717, 1.165) is 0 Å². The summed E-state index contributed by atoms with van der Waals surface area (Å²) in [4.78, 5) is 27.0. The van der Waals surface area contributed by atoms with Crippen molar-refractivity contribution in [3.63, 3.8) is 0 Å². The molecule has 0 aliphatic heterocycles. The molecule has 0 spiro atoms. The Kier molecular flexibility index (Phi) is 9.23. The maximum absolute atomic E-state index is 9.77. The van der Waals surface area contributed by atoms with Gasteiger partial charge in [0, 0.05) is 0 Å². The molecule has 13 heteroatoms. The lowest BCUT2D eigenvalue weighted by Crippen LogP contribution is -2.39. The minimum absolute atomic E-state index is 0.0478. The predicted molar refractivity (Wildman–Crippen MR) is 90.8 cm³/mol. The van der Waals surface area contributed by atoms with Crippen molar-refractivity contribution in [2.75, 3.05) is 0 Å². The van der Waals surface area contributed by atoms with Crippen molar-refractivity contribution < 1.29 is 30.0 Å². The van der Waals surface area contributed by atoms with Crippen LogP contribution in [0, 0.1) is 0 Å². The van der Waals surface area contributed by atoms with Crippen molar-refractivity contribution in [2.45, 2.75) is 12.2 Å². The number of aliphatic carboxylic acids is 2. The van der Waals surface area contributed by atoms with Gasteiger partial charge in [-0.15, -0.1) is 0 Å². The fourth-order valence-electron chi connectivity index (χ4n) is 1.11. The molecule has 0 bridgehead atoms. The number of aliphatic imine (C=N–C) groups is 2. The van der Waals surface area contributed by atoms with E-state index in [1.165, 1.54) is 0 Å². The monoisotopic (exact) mass is 395 g/mol. The summed E-state index contributed by atoms with van der Waals surface area (Å²) < 4.78 is 0. The van der Waals surface area contributed by atoms with E-state index in [4.69, 9.17) is 60.8 Å². The first kappa shape index (κ1) is 22.4. The van der Waals surface area contributed by atoms with Crippen LogP contribution in [-0.2, 0) is 9.59 Å². The highest BCUT2D eigenvalue weighted by Gasteiger charge is 2.29. The third kappa shape index (κ3) is 8.72. The predicted octanol–water partition coefficient (Wildman–Crippen LogP) is -0.910. The second-order valence-corrected chi connectivity index (χ2v) is 4.99. The molecule has 0 saturated heterocycles. The molecule has 1 aromatic carbocycles. The van der Waals surface area contributed by atoms with E-state index in [9.17, 15) is 9.59 Å². The second kappa shape index (κ2) is 10.3. The number of aliphatic hydroxyl groups excluding tert-OH is 2. The fraction of sp³-hybridized carbons (Fsp3) is 0.167. The van der Waals surface area contributed by atoms with Gasteiger partial charge in [0.25, 0.3) is 0 Å². The Morgan fingerprint density at radius 1 is 0.960 bits per heavy atom. The van der Waals surface area contributed by atoms with Crippen LogP contribution in [0.2, 0.25) is 10.0 Å². The van der Waals surface area contributed by atoms with Gasteiger partial charge in [-0.05, 0) is 18.2 Å². The molecule has 0 aromatic heterocycles. The lowest BCUT2D eigenvalue weighted by Gasteiger charge is -2.07. The molecule has 0 heterocycles. The Hall–Kier alpha value is -2.60. The molecule has 2 unspecified atom stereocenters. The Bertz CT molecular complexity index is 675. The quantitative estimate of drug-likeness (QED) is 0.247. The van der Waals surface area contributed by atoms with Crippen LogP contribution in [0.3, 0.4) is 0 Å². The van der Waals surface area contributed by atoms with Crippen molar-refractivity contribution in [3.8, 4) is 0 Å². The summed E-state index contributed by atoms with van der Waals surface area (Å²) in [6.45, 7) is 0. The summed E-state index contributed by atoms with van der Waals surface area (Å²) in [6.07, 6.45) is -4.53. The van der Waals surface area contributed by atoms with Crippen molar-refractivity contribution in [3.05, 3.63) is 28.2 Å². The van der Waals surface area contributed by atoms with Crippen LogP contribution in [-0.4, -0.2) is 56.5 Å². The van der Waals surface area contributed by atoms with E-state index in [-0.39, 0.29) is 11.9 Å². The average Bonchev–Trinajstić information content (AvgIpc) is 2.49. The Balaban J connectivity index is 0.000000504. The number of nitrogens with zero attached hydrogens (tertiary/aromatic N) is 2. The van der Waals surface area contributed by atoms with Gasteiger partial charge in [-0.2, -0.15) is 4.99 Å². The molecule has 1 rings (SSSR count). The van der Waals surface area contributed by atoms with Gasteiger partial charge in [0.2, 0.25) is 5.96 Å². The van der Waals surface area contributed by atoms with Crippen LogP contribution in [0.1, 0.15) is 0 Å². The summed E-state index contributed by atoms with van der Waals surface area (Å²) in [5, 5.41) is 33.4. The topological polar surface area (TPSA) is 218 Å². The molecular weight excluding hydrogens is 381 g/mol. The first-order chi connectivity index (χ1) is 11.5. The van der Waals surface area contributed by atoms with Gasteiger partial charge in [0.15, 0.2) is 18.2 Å². The number of carboxylic acid groups (broad SMARTS) is 2. The van der Waals surface area contributed by atoms with E-state index in [1.54, 1.807) is 18.2 Å². The van der Waals surface area contributed by atoms with E-state index in [0.29, 0.717) is 15.7 Å². The van der Waals surface area contributed by atoms with E-state index >= 15 is 0 Å². The molecule has 25 heavy (non-hydrogen) atoms. The third-order valence-electron chi connectivity index (χ3n) is 2.20. The zero-order chi connectivity index (χ0) is 19.7. The number of halogens is 2. The number of nitrogens with two attached hydrogens (primary N) is 3. The molecule has 0 fully saturated rings. The molecule has 0 amide bonds. The summed E-state index contributed by atoms with van der Waals surface area (Å²) in [6, 6.07) is 4.80. The average molecular weight is 396 g/mol. The summed E-state index contributed by atoms with van der Waals surface area (Å²) >= 11 is 11.5. The summed E-state index contributed by atoms with van der Waals surface area (Å²) in [7, 11) is 0. The zero-order valence-electron chi connectivity index (χ0n) is 12.4. The molecule has 2 atom stereocenters. The number of guanidine groups is 2. The van der Waals surface area contributed by atoms with Gasteiger partial charge < -0.3 is 37.6 Å². The van der Waals surface area contributed by atoms with Gasteiger partial charge in [-0.1, -0.05) is 23.2 Å². The Morgan fingerprint density at radius 2 is 1.44 bits per heavy atom. The van der Waals surface area contributed by atoms with E-state index < -0.39 is 24.1 Å². The van der Waals surface area contributed by atoms with Gasteiger partial charge >= 0.3 is 11.9 Å². The highest BCUT2D eigenvalue weighted by molar-refractivity contribution is 6.42. The molecular formula is C12H15Cl2N5O6. The summed E-state index contributed by atoms with van der Waals surface area (Å²) in [5.74, 6) is -3.74. The minimum Gasteiger partial charge on any atom is -0.479 e. The molecule has 10 N–H and O–H groups in total. The molecule has 0 radical (unpaired) electrons. The number of rotatable bonds is 4. The number of hydrogen-bond acceptors (Lipinski definition) is 5. The summed E-state index contributed by atoms with van der Waals surface area (Å²) in [5.41, 5.74) is 16.2. The highest BCUT2D eigenvalue weighted by Crippen LogP contribution is 2.26. The number of aliphatic hydroxyl groups is 2. The maximum Gasteiger partial charge on any atom is 0.335 e. The van der Waals surface area contributed by atoms with Crippen molar-refractivity contribution in [1.29, 1.82) is 0 Å². The number of carboxylic acids is 2. The highest BCUT2D eigenvalue weighted by atomic mass is 35.5. The number of carbonyl (C=O) groups is 2. The van der Waals surface area contributed by atoms with Crippen LogP contribution in [0.25, 0.3) is 0 Å². The molecule has 1 aromatic rings. The van der Waals surface area contributed by atoms with Crippen molar-refractivity contribution >= 4 is 52.7 Å². The van der Waals surface area contributed by atoms with Crippen LogP contribution in [0.15, 0.2) is 28.2 Å². The largest absolute Gasteiger partial charge is 0.479 e. The molecule has 0 aliphatic carbocycles. The standard InChI is InChI=1S/C8H9Cl2N5.C4H6O6/c9-5-2-1-4(3-6(5)10)14-8(13)15-7(11)12;5-1(3(7)8)2(6)4(9)10/h1-3H,(H6,11,12,13,14,15);1-2,5-6H,(H,7,8)(H,9,10). The van der Waals surface area contributed by atoms with Gasteiger partial charge in [-0.3, -0.25) is 0 Å². The van der Waals surface area contributed by atoms with Crippen molar-refractivity contribution in [1.82, 2.24) is 0 Å². The third-order valence-corrected chi connectivity index (χ3v) is 2.93. The zero-order valence-corrected chi connectivity index (χ0v) is 13.9. The SMILES string of the molecule is NC(N)=NC(N)=Nc1ccc(Cl)c(Cl)c1.O=C(O)C(O)C(O)C(=O)O. The molecule has 138 valence electrons. The first-order valence-electron chi connectivity index (χ1n) is 6.16. The smallest absolute Gasteiger partial charge is 0.335 e. The van der Waals surface area contributed by atoms with Gasteiger partial charge in [0.05, 0.1) is 15.7 Å². The Morgan fingerprint density at radius 3 is 1.80 bits per heavy atom. The number of benzene rings is 1. The van der Waals surface area contributed by atoms with Crippen LogP contribution in [0.4, 0.5) is 5.69 Å². The van der Waals surface area contributed by atoms with Crippen LogP contribution >= 0.6 is 23.2 Å². The normalized spacial score (nSPS) is 13.0. The molecule has 0 saturated carbocycles. The van der Waals surface area contributed by atoms with Crippen LogP contribution in [0.5, 0.6) is 0 Å². The van der Waals surface area contributed by atoms with Crippen LogP contribution < -0.4 is 17.2 Å². The van der Waals surface area contributed by atoms with Gasteiger partial charge in [-0.25, -0.2) is 14.6 Å². The van der Waals surface area contributed by atoms with E-state index in [2.05, 4.69) is 9.98 Å². The lowest BCUT2D eigenvalue weighted by atomic mass is 10.2. The fourth-order valence-corrected chi connectivity index (χ4v) is 1.41. The second-order valence-electron chi connectivity index (χ2n) is 4.17. The Labute approximate surface area is 151 Å². The van der Waals surface area contributed by atoms with Crippen molar-refractivity contribution in [2.24, 2.45) is 27.2 Å². The first-order valence-corrected chi connectivity index (χ1v) is 6.91. The maximum atomic E-state index is 9.77. The number of hydrogen-bond donors (Lipinski definition) is 7. The lowest BCUT2D eigenvalue weighted by molar-refractivity contribution is -0.165. The molecule has 0 aliphatic rings. The molecule has 11 nitrogen and oxygen atoms in total. The van der Waals surface area contributed by atoms with E-state index in [1.807, 2.05) is 0 Å². The minimum atomic E-state index is -2.27.